The van der Waals surface area contributed by atoms with Crippen LogP contribution >= 0.6 is 0 Å². The Morgan fingerprint density at radius 1 is 1.30 bits per heavy atom. The number of halogens is 3. The van der Waals surface area contributed by atoms with Gasteiger partial charge in [-0.2, -0.15) is 13.2 Å². The van der Waals surface area contributed by atoms with Crippen LogP contribution in [0.3, 0.4) is 0 Å². The summed E-state index contributed by atoms with van der Waals surface area (Å²) in [5.74, 6) is -3.29. The van der Waals surface area contributed by atoms with Crippen molar-refractivity contribution in [2.45, 2.75) is 19.0 Å². The van der Waals surface area contributed by atoms with Crippen LogP contribution in [0.5, 0.6) is 0 Å². The molecule has 2 amide bonds. The molecule has 9 nitrogen and oxygen atoms in total. The SMILES string of the molecule is O=C(ON1C(=O)CCC1=O)c1ncc(C(F)(F)F)cc1[N+](=O)[O-]. The van der Waals surface area contributed by atoms with E-state index in [1.54, 1.807) is 0 Å². The number of aromatic nitrogens is 1. The number of hydrogen-bond donors (Lipinski definition) is 0. The number of carbonyl (C=O) groups is 3. The van der Waals surface area contributed by atoms with Gasteiger partial charge >= 0.3 is 17.8 Å². The number of hydrogen-bond acceptors (Lipinski definition) is 7. The summed E-state index contributed by atoms with van der Waals surface area (Å²) in [6.45, 7) is 0. The maximum absolute atomic E-state index is 12.5. The average molecular weight is 333 g/mol. The normalized spacial score (nSPS) is 15.0. The third kappa shape index (κ3) is 3.25. The fraction of sp³-hybridized carbons (Fsp3) is 0.273. The van der Waals surface area contributed by atoms with Gasteiger partial charge in [0.15, 0.2) is 0 Å². The van der Waals surface area contributed by atoms with Gasteiger partial charge in [0, 0.05) is 25.1 Å². The van der Waals surface area contributed by atoms with E-state index < -0.39 is 45.8 Å². The molecule has 2 heterocycles. The van der Waals surface area contributed by atoms with Gasteiger partial charge in [-0.05, 0) is 0 Å². The van der Waals surface area contributed by atoms with Crippen molar-refractivity contribution in [1.82, 2.24) is 10.0 Å². The van der Waals surface area contributed by atoms with Crippen LogP contribution in [0.2, 0.25) is 0 Å². The Kier molecular flexibility index (Phi) is 3.99. The van der Waals surface area contributed by atoms with Gasteiger partial charge in [-0.3, -0.25) is 19.7 Å². The molecule has 122 valence electrons. The number of hydroxylamine groups is 2. The summed E-state index contributed by atoms with van der Waals surface area (Å²) in [7, 11) is 0. The lowest BCUT2D eigenvalue weighted by molar-refractivity contribution is -0.385. The molecule has 0 bridgehead atoms. The summed E-state index contributed by atoms with van der Waals surface area (Å²) in [5.41, 5.74) is -3.76. The van der Waals surface area contributed by atoms with E-state index in [1.807, 2.05) is 0 Å². The zero-order valence-electron chi connectivity index (χ0n) is 11.0. The molecule has 2 rings (SSSR count). The van der Waals surface area contributed by atoms with Gasteiger partial charge in [0.05, 0.1) is 10.5 Å². The predicted octanol–water partition coefficient (Wildman–Crippen LogP) is 1.23. The molecule has 1 aliphatic heterocycles. The molecule has 0 saturated carbocycles. The highest BCUT2D eigenvalue weighted by atomic mass is 19.4. The minimum absolute atomic E-state index is 0.103. The van der Waals surface area contributed by atoms with Gasteiger partial charge in [-0.15, -0.1) is 5.06 Å². The molecule has 1 aromatic heterocycles. The second-order valence-electron chi connectivity index (χ2n) is 4.31. The molecular formula is C11H6F3N3O6. The van der Waals surface area contributed by atoms with Crippen LogP contribution in [0.15, 0.2) is 12.3 Å². The van der Waals surface area contributed by atoms with Gasteiger partial charge in [-0.25, -0.2) is 9.78 Å². The first kappa shape index (κ1) is 16.3. The number of nitro groups is 1. The molecule has 0 spiro atoms. The van der Waals surface area contributed by atoms with E-state index in [1.165, 1.54) is 0 Å². The monoisotopic (exact) mass is 333 g/mol. The van der Waals surface area contributed by atoms with E-state index in [0.29, 0.717) is 0 Å². The second kappa shape index (κ2) is 5.62. The Labute approximate surface area is 124 Å². The maximum atomic E-state index is 12.5. The maximum Gasteiger partial charge on any atom is 0.418 e. The highest BCUT2D eigenvalue weighted by molar-refractivity contribution is 6.03. The molecule has 0 N–H and O–H groups in total. The molecule has 0 aliphatic carbocycles. The molecule has 1 aromatic rings. The lowest BCUT2D eigenvalue weighted by Crippen LogP contribution is -2.32. The quantitative estimate of drug-likeness (QED) is 0.463. The van der Waals surface area contributed by atoms with Crippen LogP contribution < -0.4 is 0 Å². The predicted molar refractivity (Wildman–Crippen MR) is 62.4 cm³/mol. The van der Waals surface area contributed by atoms with E-state index in [4.69, 9.17) is 0 Å². The van der Waals surface area contributed by atoms with Crippen molar-refractivity contribution in [1.29, 1.82) is 0 Å². The highest BCUT2D eigenvalue weighted by Gasteiger charge is 2.38. The highest BCUT2D eigenvalue weighted by Crippen LogP contribution is 2.32. The van der Waals surface area contributed by atoms with Gasteiger partial charge in [-0.1, -0.05) is 0 Å². The topological polar surface area (TPSA) is 120 Å². The smallest absolute Gasteiger partial charge is 0.323 e. The molecule has 0 atom stereocenters. The van der Waals surface area contributed by atoms with Crippen molar-refractivity contribution in [3.05, 3.63) is 33.6 Å². The summed E-state index contributed by atoms with van der Waals surface area (Å²) in [6.07, 6.45) is -5.12. The van der Waals surface area contributed by atoms with Gasteiger partial charge in [0.1, 0.15) is 0 Å². The average Bonchev–Trinajstić information content (AvgIpc) is 2.77. The molecule has 23 heavy (non-hydrogen) atoms. The largest absolute Gasteiger partial charge is 0.418 e. The number of nitrogens with zero attached hydrogens (tertiary/aromatic N) is 3. The Morgan fingerprint density at radius 2 is 1.87 bits per heavy atom. The number of rotatable bonds is 3. The molecule has 0 aromatic carbocycles. The first-order chi connectivity index (χ1) is 10.6. The van der Waals surface area contributed by atoms with E-state index in [-0.39, 0.29) is 30.2 Å². The number of pyridine rings is 1. The second-order valence-corrected chi connectivity index (χ2v) is 4.31. The Bertz CT molecular complexity index is 701. The van der Waals surface area contributed by atoms with Crippen molar-refractivity contribution in [2.24, 2.45) is 0 Å². The van der Waals surface area contributed by atoms with Crippen molar-refractivity contribution >= 4 is 23.5 Å². The fourth-order valence-corrected chi connectivity index (χ4v) is 1.69. The van der Waals surface area contributed by atoms with Crippen molar-refractivity contribution in [3.8, 4) is 0 Å². The lowest BCUT2D eigenvalue weighted by atomic mass is 10.2. The summed E-state index contributed by atoms with van der Waals surface area (Å²) in [4.78, 5) is 51.3. The minimum Gasteiger partial charge on any atom is -0.323 e. The molecule has 1 aliphatic rings. The lowest BCUT2D eigenvalue weighted by Gasteiger charge is -2.12. The molecule has 12 heteroatoms. The van der Waals surface area contributed by atoms with Crippen LogP contribution in [-0.4, -0.2) is 32.8 Å². The first-order valence-electron chi connectivity index (χ1n) is 5.91. The summed E-state index contributed by atoms with van der Waals surface area (Å²) >= 11 is 0. The van der Waals surface area contributed by atoms with Gasteiger partial charge < -0.3 is 4.84 Å². The summed E-state index contributed by atoms with van der Waals surface area (Å²) < 4.78 is 37.6. The standard InChI is InChI=1S/C11H6F3N3O6/c12-11(13,14)5-3-6(17(21)22)9(15-4-5)10(20)23-16-7(18)1-2-8(16)19/h3-4H,1-2H2. The number of carbonyl (C=O) groups excluding carboxylic acids is 3. The molecule has 0 unspecified atom stereocenters. The third-order valence-corrected chi connectivity index (χ3v) is 2.76. The number of alkyl halides is 3. The fourth-order valence-electron chi connectivity index (χ4n) is 1.69. The minimum atomic E-state index is -4.90. The van der Waals surface area contributed by atoms with Crippen LogP contribution in [0.1, 0.15) is 28.9 Å². The van der Waals surface area contributed by atoms with Gasteiger partial charge in [0.25, 0.3) is 11.8 Å². The molecule has 0 radical (unpaired) electrons. The van der Waals surface area contributed by atoms with E-state index in [2.05, 4.69) is 9.82 Å². The van der Waals surface area contributed by atoms with Crippen molar-refractivity contribution in [2.75, 3.05) is 0 Å². The van der Waals surface area contributed by atoms with Crippen LogP contribution in [0.4, 0.5) is 18.9 Å². The number of amides is 2. The van der Waals surface area contributed by atoms with Crippen LogP contribution in [0.25, 0.3) is 0 Å². The Morgan fingerprint density at radius 3 is 2.35 bits per heavy atom. The third-order valence-electron chi connectivity index (χ3n) is 2.76. The van der Waals surface area contributed by atoms with Crippen molar-refractivity contribution in [3.63, 3.8) is 0 Å². The van der Waals surface area contributed by atoms with Gasteiger partial charge in [0.2, 0.25) is 5.69 Å². The Hall–Kier alpha value is -3.05. The van der Waals surface area contributed by atoms with Crippen molar-refractivity contribution < 1.29 is 37.3 Å². The van der Waals surface area contributed by atoms with Crippen LogP contribution in [-0.2, 0) is 20.6 Å². The zero-order chi connectivity index (χ0) is 17.4. The van der Waals surface area contributed by atoms with E-state index in [9.17, 15) is 37.7 Å². The summed E-state index contributed by atoms with van der Waals surface area (Å²) in [6, 6.07) is 0.108. The van der Waals surface area contributed by atoms with Crippen LogP contribution in [0, 0.1) is 10.1 Å². The van der Waals surface area contributed by atoms with E-state index >= 15 is 0 Å². The molecular weight excluding hydrogens is 327 g/mol. The molecule has 1 saturated heterocycles. The van der Waals surface area contributed by atoms with E-state index in [0.717, 1.165) is 0 Å². The number of imide groups is 1. The first-order valence-corrected chi connectivity index (χ1v) is 5.91. The summed E-state index contributed by atoms with van der Waals surface area (Å²) in [5, 5.41) is 10.9. The Balaban J connectivity index is 2.35. The molecule has 1 fully saturated rings. The zero-order valence-corrected chi connectivity index (χ0v) is 11.0.